The van der Waals surface area contributed by atoms with Crippen LogP contribution in [0.2, 0.25) is 0 Å². The van der Waals surface area contributed by atoms with E-state index in [2.05, 4.69) is 26.6 Å². The smallest absolute Gasteiger partial charge is 0.313 e. The van der Waals surface area contributed by atoms with Gasteiger partial charge in [-0.2, -0.15) is 0 Å². The second-order valence-corrected chi connectivity index (χ2v) is 7.68. The number of nitrogens with one attached hydrogen (secondary N) is 2. The minimum Gasteiger partial charge on any atom is -0.497 e. The summed E-state index contributed by atoms with van der Waals surface area (Å²) >= 11 is 3.34. The zero-order valence-corrected chi connectivity index (χ0v) is 17.3. The molecule has 0 bridgehead atoms. The fourth-order valence-electron chi connectivity index (χ4n) is 3.36. The van der Waals surface area contributed by atoms with Crippen molar-refractivity contribution < 1.29 is 19.1 Å². The zero-order chi connectivity index (χ0) is 20.0. The van der Waals surface area contributed by atoms with Gasteiger partial charge in [0.2, 0.25) is 0 Å². The lowest BCUT2D eigenvalue weighted by atomic mass is 9.74. The molecular weight excluding hydrogens is 424 g/mol. The van der Waals surface area contributed by atoms with Crippen LogP contribution >= 0.6 is 15.9 Å². The molecule has 7 heteroatoms. The fourth-order valence-corrected chi connectivity index (χ4v) is 3.76. The van der Waals surface area contributed by atoms with Crippen LogP contribution in [0.3, 0.4) is 0 Å². The van der Waals surface area contributed by atoms with E-state index in [9.17, 15) is 9.59 Å². The van der Waals surface area contributed by atoms with Gasteiger partial charge in [-0.1, -0.05) is 34.1 Å². The molecule has 0 unspecified atom stereocenters. The molecule has 2 aromatic carbocycles. The number of benzene rings is 2. The van der Waals surface area contributed by atoms with Crippen molar-refractivity contribution in [1.29, 1.82) is 0 Å². The van der Waals surface area contributed by atoms with E-state index in [1.807, 2.05) is 30.3 Å². The van der Waals surface area contributed by atoms with Crippen molar-refractivity contribution >= 4 is 33.4 Å². The second-order valence-electron chi connectivity index (χ2n) is 6.77. The summed E-state index contributed by atoms with van der Waals surface area (Å²) in [5.41, 5.74) is 1.39. The average Bonchev–Trinajstić information content (AvgIpc) is 2.72. The van der Waals surface area contributed by atoms with Gasteiger partial charge in [0.25, 0.3) is 0 Å². The minimum atomic E-state index is -0.685. The molecule has 6 nitrogen and oxygen atoms in total. The summed E-state index contributed by atoms with van der Waals surface area (Å²) in [6.45, 7) is 1.60. The van der Waals surface area contributed by atoms with Crippen LogP contribution in [0.1, 0.15) is 18.4 Å². The van der Waals surface area contributed by atoms with Crippen LogP contribution in [0, 0.1) is 0 Å². The van der Waals surface area contributed by atoms with Gasteiger partial charge in [-0.3, -0.25) is 9.59 Å². The Labute approximate surface area is 172 Å². The molecule has 2 N–H and O–H groups in total. The first-order chi connectivity index (χ1) is 13.5. The van der Waals surface area contributed by atoms with E-state index in [-0.39, 0.29) is 5.41 Å². The highest BCUT2D eigenvalue weighted by Crippen LogP contribution is 2.35. The predicted molar refractivity (Wildman–Crippen MR) is 111 cm³/mol. The number of ether oxygens (including phenoxy) is 2. The maximum absolute atomic E-state index is 12.4. The number of hydrogen-bond acceptors (Lipinski definition) is 4. The molecule has 0 aromatic heterocycles. The lowest BCUT2D eigenvalue weighted by Crippen LogP contribution is -2.47. The summed E-state index contributed by atoms with van der Waals surface area (Å²) < 4.78 is 11.6. The lowest BCUT2D eigenvalue weighted by molar-refractivity contribution is -0.136. The predicted octanol–water partition coefficient (Wildman–Crippen LogP) is 3.26. The van der Waals surface area contributed by atoms with Crippen LogP contribution in [0.25, 0.3) is 0 Å². The molecule has 1 saturated heterocycles. The number of carbonyl (C=O) groups excluding carboxylic acids is 2. The molecule has 2 amide bonds. The molecule has 0 saturated carbocycles. The van der Waals surface area contributed by atoms with E-state index in [1.165, 1.54) is 0 Å². The van der Waals surface area contributed by atoms with Gasteiger partial charge >= 0.3 is 11.8 Å². The van der Waals surface area contributed by atoms with Crippen LogP contribution in [-0.2, 0) is 19.7 Å². The van der Waals surface area contributed by atoms with E-state index in [0.717, 1.165) is 28.6 Å². The summed E-state index contributed by atoms with van der Waals surface area (Å²) in [5.74, 6) is -0.558. The molecule has 28 heavy (non-hydrogen) atoms. The van der Waals surface area contributed by atoms with E-state index in [4.69, 9.17) is 9.47 Å². The summed E-state index contributed by atoms with van der Waals surface area (Å²) in [4.78, 5) is 24.6. The van der Waals surface area contributed by atoms with E-state index in [0.29, 0.717) is 25.4 Å². The fraction of sp³-hybridized carbons (Fsp3) is 0.333. The molecule has 3 rings (SSSR count). The van der Waals surface area contributed by atoms with Crippen LogP contribution in [0.4, 0.5) is 5.69 Å². The van der Waals surface area contributed by atoms with E-state index in [1.54, 1.807) is 25.3 Å². The number of carbonyl (C=O) groups is 2. The van der Waals surface area contributed by atoms with Crippen molar-refractivity contribution in [3.8, 4) is 5.75 Å². The zero-order valence-electron chi connectivity index (χ0n) is 15.7. The van der Waals surface area contributed by atoms with Gasteiger partial charge in [0.05, 0.1) is 7.11 Å². The van der Waals surface area contributed by atoms with Crippen LogP contribution in [0.5, 0.6) is 5.75 Å². The van der Waals surface area contributed by atoms with Gasteiger partial charge in [0.1, 0.15) is 5.75 Å². The largest absolute Gasteiger partial charge is 0.497 e. The first-order valence-electron chi connectivity index (χ1n) is 9.09. The van der Waals surface area contributed by atoms with Gasteiger partial charge in [-0.05, 0) is 48.7 Å². The van der Waals surface area contributed by atoms with Gasteiger partial charge in [-0.25, -0.2) is 0 Å². The Hall–Kier alpha value is -2.38. The number of rotatable bonds is 5. The highest BCUT2D eigenvalue weighted by Gasteiger charge is 2.35. The molecule has 0 spiro atoms. The molecule has 1 fully saturated rings. The molecule has 1 aliphatic rings. The Morgan fingerprint density at radius 2 is 1.82 bits per heavy atom. The number of hydrogen-bond donors (Lipinski definition) is 2. The Kier molecular flexibility index (Phi) is 6.70. The Morgan fingerprint density at radius 1 is 1.11 bits per heavy atom. The summed E-state index contributed by atoms with van der Waals surface area (Å²) in [6, 6.07) is 15.0. The van der Waals surface area contributed by atoms with Crippen LogP contribution in [0.15, 0.2) is 53.0 Å². The third kappa shape index (κ3) is 4.91. The molecule has 0 radical (unpaired) electrons. The van der Waals surface area contributed by atoms with Gasteiger partial charge in [0, 0.05) is 35.3 Å². The van der Waals surface area contributed by atoms with E-state index < -0.39 is 11.8 Å². The summed E-state index contributed by atoms with van der Waals surface area (Å²) in [7, 11) is 1.63. The second kappa shape index (κ2) is 9.21. The van der Waals surface area contributed by atoms with Crippen molar-refractivity contribution in [3.63, 3.8) is 0 Å². The first-order valence-corrected chi connectivity index (χ1v) is 9.89. The highest BCUT2D eigenvalue weighted by atomic mass is 79.9. The van der Waals surface area contributed by atoms with Gasteiger partial charge in [0.15, 0.2) is 0 Å². The van der Waals surface area contributed by atoms with Crippen molar-refractivity contribution in [2.75, 3.05) is 32.2 Å². The summed E-state index contributed by atoms with van der Waals surface area (Å²) in [6.07, 6.45) is 1.54. The quantitative estimate of drug-likeness (QED) is 0.690. The third-order valence-electron chi connectivity index (χ3n) is 5.03. The number of anilines is 1. The topological polar surface area (TPSA) is 76.7 Å². The molecular formula is C21H23BrN2O4. The van der Waals surface area contributed by atoms with Crippen molar-refractivity contribution in [2.45, 2.75) is 18.3 Å². The monoisotopic (exact) mass is 446 g/mol. The number of halogens is 1. The molecule has 148 valence electrons. The maximum atomic E-state index is 12.4. The van der Waals surface area contributed by atoms with Gasteiger partial charge in [-0.15, -0.1) is 0 Å². The first kappa shape index (κ1) is 20.4. The normalized spacial score (nSPS) is 15.5. The average molecular weight is 447 g/mol. The minimum absolute atomic E-state index is 0.268. The standard InChI is InChI=1S/C21H23BrN2O4/c1-27-18-7-5-15(6-8-18)21(9-11-28-12-10-21)14-23-19(25)20(26)24-17-4-2-3-16(22)13-17/h2-8,13H,9-12,14H2,1H3,(H,23,25)(H,24,26). The SMILES string of the molecule is COc1ccc(C2(CNC(=O)C(=O)Nc3cccc(Br)c3)CCOCC2)cc1. The van der Waals surface area contributed by atoms with Crippen molar-refractivity contribution in [2.24, 2.45) is 0 Å². The van der Waals surface area contributed by atoms with Crippen LogP contribution < -0.4 is 15.4 Å². The Morgan fingerprint density at radius 3 is 2.46 bits per heavy atom. The summed E-state index contributed by atoms with van der Waals surface area (Å²) in [5, 5.41) is 5.42. The molecule has 2 aromatic rings. The van der Waals surface area contributed by atoms with E-state index >= 15 is 0 Å². The molecule has 1 heterocycles. The molecule has 0 atom stereocenters. The third-order valence-corrected chi connectivity index (χ3v) is 5.52. The molecule has 1 aliphatic heterocycles. The maximum Gasteiger partial charge on any atom is 0.313 e. The Balaban J connectivity index is 1.67. The highest BCUT2D eigenvalue weighted by molar-refractivity contribution is 9.10. The lowest BCUT2D eigenvalue weighted by Gasteiger charge is -2.38. The number of methoxy groups -OCH3 is 1. The molecule has 0 aliphatic carbocycles. The Bertz CT molecular complexity index is 833. The van der Waals surface area contributed by atoms with Crippen LogP contribution in [-0.4, -0.2) is 38.7 Å². The van der Waals surface area contributed by atoms with Gasteiger partial charge < -0.3 is 20.1 Å². The van der Waals surface area contributed by atoms with Crippen molar-refractivity contribution in [1.82, 2.24) is 5.32 Å². The van der Waals surface area contributed by atoms with Crippen molar-refractivity contribution in [3.05, 3.63) is 58.6 Å². The number of amides is 2.